The van der Waals surface area contributed by atoms with Crippen LogP contribution in [0, 0.1) is 5.82 Å². The predicted octanol–water partition coefficient (Wildman–Crippen LogP) is 1.38. The summed E-state index contributed by atoms with van der Waals surface area (Å²) in [6.07, 6.45) is 0.394. The Labute approximate surface area is 112 Å². The number of morpholine rings is 1. The molecule has 1 aromatic rings. The van der Waals surface area contributed by atoms with Crippen LogP contribution in [-0.4, -0.2) is 31.7 Å². The van der Waals surface area contributed by atoms with E-state index in [1.54, 1.807) is 12.1 Å². The summed E-state index contributed by atoms with van der Waals surface area (Å²) in [5.74, 6) is -0.300. The van der Waals surface area contributed by atoms with Gasteiger partial charge in [0.15, 0.2) is 0 Å². The average molecular weight is 266 g/mol. The maximum absolute atomic E-state index is 12.8. The van der Waals surface area contributed by atoms with Gasteiger partial charge in [0.25, 0.3) is 0 Å². The number of carbonyl (C=O) groups is 1. The molecule has 1 amide bonds. The number of halogens is 1. The summed E-state index contributed by atoms with van der Waals surface area (Å²) in [6.45, 7) is 3.93. The molecule has 19 heavy (non-hydrogen) atoms. The van der Waals surface area contributed by atoms with E-state index in [-0.39, 0.29) is 23.8 Å². The Kier molecular flexibility index (Phi) is 4.87. The standard InChI is InChI=1S/C14H19FN2O2/c1-10(11-2-4-12(15)5-3-11)17-14(18)8-13-9-19-7-6-16-13/h2-5,10,13,16H,6-9H2,1H3,(H,17,18)/t10-,13?/m0/s1. The Hall–Kier alpha value is -1.46. The fourth-order valence-corrected chi connectivity index (χ4v) is 2.11. The van der Waals surface area contributed by atoms with Gasteiger partial charge in [-0.3, -0.25) is 4.79 Å². The van der Waals surface area contributed by atoms with E-state index in [1.807, 2.05) is 6.92 Å². The molecule has 1 saturated heterocycles. The van der Waals surface area contributed by atoms with E-state index < -0.39 is 0 Å². The zero-order chi connectivity index (χ0) is 13.7. The minimum absolute atomic E-state index is 0.0279. The van der Waals surface area contributed by atoms with Gasteiger partial charge in [-0.05, 0) is 24.6 Å². The third-order valence-electron chi connectivity index (χ3n) is 3.18. The van der Waals surface area contributed by atoms with Crippen LogP contribution in [0.15, 0.2) is 24.3 Å². The minimum atomic E-state index is -0.272. The highest BCUT2D eigenvalue weighted by molar-refractivity contribution is 5.77. The third kappa shape index (κ3) is 4.29. The fraction of sp³-hybridized carbons (Fsp3) is 0.500. The topological polar surface area (TPSA) is 50.4 Å². The number of carbonyl (C=O) groups excluding carboxylic acids is 1. The maximum Gasteiger partial charge on any atom is 0.222 e. The molecule has 1 aliphatic rings. The van der Waals surface area contributed by atoms with E-state index in [2.05, 4.69) is 10.6 Å². The molecule has 104 valence electrons. The molecular weight excluding hydrogens is 247 g/mol. The fourth-order valence-electron chi connectivity index (χ4n) is 2.11. The first kappa shape index (κ1) is 14.0. The van der Waals surface area contributed by atoms with Crippen molar-refractivity contribution in [2.45, 2.75) is 25.4 Å². The van der Waals surface area contributed by atoms with Gasteiger partial charge in [-0.25, -0.2) is 4.39 Å². The molecule has 1 unspecified atom stereocenters. The Bertz CT molecular complexity index is 416. The number of ether oxygens (including phenoxy) is 1. The predicted molar refractivity (Wildman–Crippen MR) is 70.2 cm³/mol. The molecule has 1 aromatic carbocycles. The Morgan fingerprint density at radius 2 is 2.26 bits per heavy atom. The normalized spacial score (nSPS) is 20.8. The molecule has 0 saturated carbocycles. The van der Waals surface area contributed by atoms with Gasteiger partial charge in [0, 0.05) is 19.0 Å². The van der Waals surface area contributed by atoms with E-state index in [0.717, 1.165) is 12.1 Å². The molecule has 2 rings (SSSR count). The van der Waals surface area contributed by atoms with E-state index >= 15 is 0 Å². The van der Waals surface area contributed by atoms with E-state index in [9.17, 15) is 9.18 Å². The lowest BCUT2D eigenvalue weighted by Crippen LogP contribution is -2.44. The molecule has 4 nitrogen and oxygen atoms in total. The van der Waals surface area contributed by atoms with Crippen molar-refractivity contribution in [1.82, 2.24) is 10.6 Å². The number of benzene rings is 1. The van der Waals surface area contributed by atoms with Crippen LogP contribution in [-0.2, 0) is 9.53 Å². The van der Waals surface area contributed by atoms with Crippen molar-refractivity contribution in [2.75, 3.05) is 19.8 Å². The molecule has 0 spiro atoms. The lowest BCUT2D eigenvalue weighted by atomic mass is 10.1. The molecule has 2 N–H and O–H groups in total. The van der Waals surface area contributed by atoms with Crippen molar-refractivity contribution in [3.05, 3.63) is 35.6 Å². The number of hydrogen-bond donors (Lipinski definition) is 2. The van der Waals surface area contributed by atoms with E-state index in [1.165, 1.54) is 12.1 Å². The van der Waals surface area contributed by atoms with Crippen molar-refractivity contribution in [3.63, 3.8) is 0 Å². The maximum atomic E-state index is 12.8. The first-order valence-electron chi connectivity index (χ1n) is 6.51. The average Bonchev–Trinajstić information content (AvgIpc) is 2.40. The van der Waals surface area contributed by atoms with Crippen LogP contribution in [0.2, 0.25) is 0 Å². The molecule has 1 heterocycles. The number of hydrogen-bond acceptors (Lipinski definition) is 3. The Balaban J connectivity index is 1.82. The van der Waals surface area contributed by atoms with Crippen molar-refractivity contribution in [1.29, 1.82) is 0 Å². The Morgan fingerprint density at radius 1 is 1.53 bits per heavy atom. The van der Waals surface area contributed by atoms with Gasteiger partial charge in [-0.15, -0.1) is 0 Å². The molecule has 2 atom stereocenters. The molecule has 0 radical (unpaired) electrons. The van der Waals surface area contributed by atoms with Crippen molar-refractivity contribution < 1.29 is 13.9 Å². The van der Waals surface area contributed by atoms with Crippen LogP contribution in [0.5, 0.6) is 0 Å². The van der Waals surface area contributed by atoms with E-state index in [4.69, 9.17) is 4.74 Å². The highest BCUT2D eigenvalue weighted by Gasteiger charge is 2.18. The van der Waals surface area contributed by atoms with Crippen molar-refractivity contribution >= 4 is 5.91 Å². The summed E-state index contributed by atoms with van der Waals surface area (Å²) in [4.78, 5) is 11.9. The van der Waals surface area contributed by atoms with Crippen LogP contribution in [0.25, 0.3) is 0 Å². The summed E-state index contributed by atoms with van der Waals surface area (Å²) in [7, 11) is 0. The summed E-state index contributed by atoms with van der Waals surface area (Å²) in [5.41, 5.74) is 0.891. The lowest BCUT2D eigenvalue weighted by molar-refractivity contribution is -0.122. The molecular formula is C14H19FN2O2. The molecule has 5 heteroatoms. The molecule has 0 bridgehead atoms. The van der Waals surface area contributed by atoms with Gasteiger partial charge in [0.05, 0.1) is 19.3 Å². The molecule has 0 aromatic heterocycles. The van der Waals surface area contributed by atoms with E-state index in [0.29, 0.717) is 19.6 Å². The number of amides is 1. The van der Waals surface area contributed by atoms with Gasteiger partial charge < -0.3 is 15.4 Å². The van der Waals surface area contributed by atoms with Crippen LogP contribution < -0.4 is 10.6 Å². The lowest BCUT2D eigenvalue weighted by Gasteiger charge is -2.24. The zero-order valence-electron chi connectivity index (χ0n) is 11.0. The quantitative estimate of drug-likeness (QED) is 0.865. The smallest absolute Gasteiger partial charge is 0.222 e. The van der Waals surface area contributed by atoms with Gasteiger partial charge >= 0.3 is 0 Å². The van der Waals surface area contributed by atoms with Crippen molar-refractivity contribution in [3.8, 4) is 0 Å². The SMILES string of the molecule is C[C@H](NC(=O)CC1COCCN1)c1ccc(F)cc1. The highest BCUT2D eigenvalue weighted by Crippen LogP contribution is 2.13. The second-order valence-electron chi connectivity index (χ2n) is 4.77. The monoisotopic (exact) mass is 266 g/mol. The zero-order valence-corrected chi connectivity index (χ0v) is 11.0. The van der Waals surface area contributed by atoms with Crippen LogP contribution in [0.4, 0.5) is 4.39 Å². The summed E-state index contributed by atoms with van der Waals surface area (Å²) in [6, 6.07) is 6.11. The second-order valence-corrected chi connectivity index (χ2v) is 4.77. The van der Waals surface area contributed by atoms with Crippen LogP contribution in [0.3, 0.4) is 0 Å². The first-order chi connectivity index (χ1) is 9.15. The first-order valence-corrected chi connectivity index (χ1v) is 6.51. The van der Waals surface area contributed by atoms with Gasteiger partial charge in [0.2, 0.25) is 5.91 Å². The summed E-state index contributed by atoms with van der Waals surface area (Å²) in [5, 5.41) is 6.14. The Morgan fingerprint density at radius 3 is 2.89 bits per heavy atom. The number of nitrogens with one attached hydrogen (secondary N) is 2. The molecule has 0 aliphatic carbocycles. The van der Waals surface area contributed by atoms with Crippen LogP contribution >= 0.6 is 0 Å². The second kappa shape index (κ2) is 6.63. The molecule has 1 aliphatic heterocycles. The highest BCUT2D eigenvalue weighted by atomic mass is 19.1. The largest absolute Gasteiger partial charge is 0.378 e. The summed E-state index contributed by atoms with van der Waals surface area (Å²) >= 11 is 0. The van der Waals surface area contributed by atoms with Gasteiger partial charge in [-0.2, -0.15) is 0 Å². The van der Waals surface area contributed by atoms with Gasteiger partial charge in [0.1, 0.15) is 5.82 Å². The summed E-state index contributed by atoms with van der Waals surface area (Å²) < 4.78 is 18.1. The number of rotatable bonds is 4. The van der Waals surface area contributed by atoms with Crippen molar-refractivity contribution in [2.24, 2.45) is 0 Å². The third-order valence-corrected chi connectivity index (χ3v) is 3.18. The van der Waals surface area contributed by atoms with Gasteiger partial charge in [-0.1, -0.05) is 12.1 Å². The van der Waals surface area contributed by atoms with Crippen LogP contribution in [0.1, 0.15) is 24.9 Å². The minimum Gasteiger partial charge on any atom is -0.378 e. The molecule has 1 fully saturated rings.